The maximum Gasteiger partial charge on any atom is 0.224 e. The average molecular weight is 294 g/mol. The van der Waals surface area contributed by atoms with Crippen molar-refractivity contribution in [2.75, 3.05) is 0 Å². The minimum absolute atomic E-state index is 0.0534. The number of aryl methyl sites for hydroxylation is 2. The fraction of sp³-hybridized carbons (Fsp3) is 0.368. The topological polar surface area (TPSA) is 42.0 Å². The van der Waals surface area contributed by atoms with Gasteiger partial charge in [0.2, 0.25) is 5.91 Å². The summed E-state index contributed by atoms with van der Waals surface area (Å²) in [4.78, 5) is 17.0. The molecule has 1 N–H and O–H groups in total. The molecule has 0 radical (unpaired) electrons. The van der Waals surface area contributed by atoms with Gasteiger partial charge in [-0.05, 0) is 55.4 Å². The lowest BCUT2D eigenvalue weighted by atomic mass is 10.0. The average Bonchev–Trinajstić information content (AvgIpc) is 3.33. The maximum absolute atomic E-state index is 12.5. The number of carbonyl (C=O) groups is 1. The quantitative estimate of drug-likeness (QED) is 0.917. The number of aromatic nitrogens is 1. The van der Waals surface area contributed by atoms with Gasteiger partial charge in [0.1, 0.15) is 0 Å². The highest BCUT2D eigenvalue weighted by molar-refractivity contribution is 5.79. The molecule has 3 nitrogen and oxygen atoms in total. The Balaban J connectivity index is 1.73. The van der Waals surface area contributed by atoms with E-state index in [1.54, 1.807) is 0 Å². The number of rotatable bonds is 5. The van der Waals surface area contributed by atoms with Crippen molar-refractivity contribution in [2.45, 2.75) is 39.2 Å². The molecule has 1 aromatic carbocycles. The molecule has 1 fully saturated rings. The monoisotopic (exact) mass is 294 g/mol. The summed E-state index contributed by atoms with van der Waals surface area (Å²) in [5.41, 5.74) is 4.42. The van der Waals surface area contributed by atoms with Gasteiger partial charge in [0.15, 0.2) is 0 Å². The molecule has 0 aliphatic heterocycles. The van der Waals surface area contributed by atoms with Gasteiger partial charge in [-0.15, -0.1) is 0 Å². The first-order chi connectivity index (χ1) is 10.6. The SMILES string of the molecule is Cc1ccccc1CC(=O)N[C@H](c1ncccc1C)C1CC1. The van der Waals surface area contributed by atoms with Crippen molar-refractivity contribution in [1.29, 1.82) is 0 Å². The molecule has 3 rings (SSSR count). The number of carbonyl (C=O) groups excluding carboxylic acids is 1. The highest BCUT2D eigenvalue weighted by Crippen LogP contribution is 2.41. The van der Waals surface area contributed by atoms with E-state index in [0.717, 1.165) is 22.4 Å². The van der Waals surface area contributed by atoms with Crippen LogP contribution in [0, 0.1) is 19.8 Å². The first kappa shape index (κ1) is 14.8. The largest absolute Gasteiger partial charge is 0.347 e. The molecular formula is C19H22N2O. The Morgan fingerprint density at radius 3 is 2.59 bits per heavy atom. The molecule has 1 aliphatic carbocycles. The fourth-order valence-corrected chi connectivity index (χ4v) is 2.87. The zero-order valence-electron chi connectivity index (χ0n) is 13.2. The van der Waals surface area contributed by atoms with E-state index in [0.29, 0.717) is 12.3 Å². The minimum atomic E-state index is 0.0534. The second kappa shape index (κ2) is 6.30. The number of nitrogens with zero attached hydrogens (tertiary/aromatic N) is 1. The molecule has 1 aliphatic rings. The molecule has 0 spiro atoms. The Morgan fingerprint density at radius 2 is 1.91 bits per heavy atom. The van der Waals surface area contributed by atoms with Crippen LogP contribution in [0.2, 0.25) is 0 Å². The fourth-order valence-electron chi connectivity index (χ4n) is 2.87. The van der Waals surface area contributed by atoms with Crippen molar-refractivity contribution >= 4 is 5.91 Å². The third kappa shape index (κ3) is 3.35. The van der Waals surface area contributed by atoms with E-state index < -0.39 is 0 Å². The van der Waals surface area contributed by atoms with Crippen molar-refractivity contribution < 1.29 is 4.79 Å². The van der Waals surface area contributed by atoms with E-state index in [4.69, 9.17) is 0 Å². The molecule has 22 heavy (non-hydrogen) atoms. The summed E-state index contributed by atoms with van der Waals surface area (Å²) in [6.45, 7) is 4.11. The first-order valence-electron chi connectivity index (χ1n) is 7.90. The van der Waals surface area contributed by atoms with Gasteiger partial charge in [-0.1, -0.05) is 30.3 Å². The van der Waals surface area contributed by atoms with Gasteiger partial charge in [0.05, 0.1) is 18.2 Å². The molecular weight excluding hydrogens is 272 g/mol. The third-order valence-corrected chi connectivity index (χ3v) is 4.37. The lowest BCUT2D eigenvalue weighted by molar-refractivity contribution is -0.121. The number of amides is 1. The van der Waals surface area contributed by atoms with E-state index in [1.807, 2.05) is 43.5 Å². The summed E-state index contributed by atoms with van der Waals surface area (Å²) in [5.74, 6) is 0.616. The molecule has 1 heterocycles. The van der Waals surface area contributed by atoms with Crippen LogP contribution in [-0.2, 0) is 11.2 Å². The van der Waals surface area contributed by atoms with Crippen molar-refractivity contribution in [3.63, 3.8) is 0 Å². The Morgan fingerprint density at radius 1 is 1.18 bits per heavy atom. The number of benzene rings is 1. The summed E-state index contributed by atoms with van der Waals surface area (Å²) in [5, 5.41) is 3.21. The van der Waals surface area contributed by atoms with Gasteiger partial charge in [0.25, 0.3) is 0 Å². The second-order valence-corrected chi connectivity index (χ2v) is 6.19. The minimum Gasteiger partial charge on any atom is -0.347 e. The lowest BCUT2D eigenvalue weighted by Gasteiger charge is -2.20. The van der Waals surface area contributed by atoms with Crippen molar-refractivity contribution in [2.24, 2.45) is 5.92 Å². The molecule has 1 saturated carbocycles. The summed E-state index contributed by atoms with van der Waals surface area (Å²) in [6, 6.07) is 12.1. The van der Waals surface area contributed by atoms with Crippen LogP contribution >= 0.6 is 0 Å². The summed E-state index contributed by atoms with van der Waals surface area (Å²) >= 11 is 0. The molecule has 1 amide bonds. The normalized spacial score (nSPS) is 15.4. The predicted octanol–water partition coefficient (Wildman–Crippen LogP) is 3.51. The molecule has 1 aromatic heterocycles. The van der Waals surface area contributed by atoms with Crippen LogP contribution in [0.3, 0.4) is 0 Å². The van der Waals surface area contributed by atoms with Gasteiger partial charge < -0.3 is 5.32 Å². The van der Waals surface area contributed by atoms with Crippen LogP contribution in [0.15, 0.2) is 42.6 Å². The Kier molecular flexibility index (Phi) is 4.23. The van der Waals surface area contributed by atoms with Crippen molar-refractivity contribution in [3.8, 4) is 0 Å². The standard InChI is InChI=1S/C19H22N2O/c1-13-6-3-4-8-16(13)12-17(22)21-19(15-9-10-15)18-14(2)7-5-11-20-18/h3-8,11,15,19H,9-10,12H2,1-2H3,(H,21,22)/t19-/m0/s1. The third-order valence-electron chi connectivity index (χ3n) is 4.37. The number of hydrogen-bond acceptors (Lipinski definition) is 2. The number of pyridine rings is 1. The number of hydrogen-bond donors (Lipinski definition) is 1. The van der Waals surface area contributed by atoms with Crippen LogP contribution in [0.4, 0.5) is 0 Å². The first-order valence-corrected chi connectivity index (χ1v) is 7.90. The van der Waals surface area contributed by atoms with Gasteiger partial charge >= 0.3 is 0 Å². The van der Waals surface area contributed by atoms with Gasteiger partial charge in [-0.25, -0.2) is 0 Å². The molecule has 0 saturated heterocycles. The summed E-state index contributed by atoms with van der Waals surface area (Å²) in [6.07, 6.45) is 4.59. The Labute approximate surface area is 131 Å². The maximum atomic E-state index is 12.5. The summed E-state index contributed by atoms with van der Waals surface area (Å²) in [7, 11) is 0. The molecule has 1 atom stereocenters. The van der Waals surface area contributed by atoms with Crippen LogP contribution in [0.25, 0.3) is 0 Å². The van der Waals surface area contributed by atoms with Crippen LogP contribution in [0.1, 0.15) is 41.3 Å². The van der Waals surface area contributed by atoms with Crippen molar-refractivity contribution in [3.05, 3.63) is 65.0 Å². The van der Waals surface area contributed by atoms with Gasteiger partial charge in [0, 0.05) is 6.20 Å². The smallest absolute Gasteiger partial charge is 0.224 e. The molecule has 0 unspecified atom stereocenters. The Hall–Kier alpha value is -2.16. The zero-order chi connectivity index (χ0) is 15.5. The van der Waals surface area contributed by atoms with E-state index >= 15 is 0 Å². The van der Waals surface area contributed by atoms with Gasteiger partial charge in [-0.3, -0.25) is 9.78 Å². The van der Waals surface area contributed by atoms with Gasteiger partial charge in [-0.2, -0.15) is 0 Å². The summed E-state index contributed by atoms with van der Waals surface area (Å²) < 4.78 is 0. The van der Waals surface area contributed by atoms with E-state index in [-0.39, 0.29) is 11.9 Å². The van der Waals surface area contributed by atoms with Crippen LogP contribution in [0.5, 0.6) is 0 Å². The predicted molar refractivity (Wildman–Crippen MR) is 87.5 cm³/mol. The van der Waals surface area contributed by atoms with Crippen molar-refractivity contribution in [1.82, 2.24) is 10.3 Å². The van der Waals surface area contributed by atoms with Crippen LogP contribution in [-0.4, -0.2) is 10.9 Å². The zero-order valence-corrected chi connectivity index (χ0v) is 13.2. The highest BCUT2D eigenvalue weighted by atomic mass is 16.1. The lowest BCUT2D eigenvalue weighted by Crippen LogP contribution is -2.32. The molecule has 0 bridgehead atoms. The van der Waals surface area contributed by atoms with Crippen LogP contribution < -0.4 is 5.32 Å². The Bertz CT molecular complexity index is 677. The second-order valence-electron chi connectivity index (χ2n) is 6.19. The highest BCUT2D eigenvalue weighted by Gasteiger charge is 2.35. The van der Waals surface area contributed by atoms with E-state index in [9.17, 15) is 4.79 Å². The van der Waals surface area contributed by atoms with E-state index in [2.05, 4.69) is 23.3 Å². The molecule has 114 valence electrons. The molecule has 3 heteroatoms. The number of nitrogens with one attached hydrogen (secondary N) is 1. The molecule has 2 aromatic rings. The van der Waals surface area contributed by atoms with E-state index in [1.165, 1.54) is 12.8 Å².